The smallest absolute Gasteiger partial charge is 0.328 e. The van der Waals surface area contributed by atoms with Crippen molar-refractivity contribution in [2.24, 2.45) is 0 Å². The van der Waals surface area contributed by atoms with Gasteiger partial charge in [-0.2, -0.15) is 0 Å². The van der Waals surface area contributed by atoms with Gasteiger partial charge in [-0.05, 0) is 26.0 Å². The summed E-state index contributed by atoms with van der Waals surface area (Å²) in [4.78, 5) is 12.2. The lowest BCUT2D eigenvalue weighted by atomic mass is 10.2. The molecule has 0 spiro atoms. The van der Waals surface area contributed by atoms with Crippen LogP contribution in [0.5, 0.6) is 0 Å². The molecule has 0 saturated carbocycles. The second kappa shape index (κ2) is 5.63. The first-order chi connectivity index (χ1) is 10.6. The fraction of sp³-hybridized carbons (Fsp3) is 0.312. The molecule has 1 unspecified atom stereocenters. The van der Waals surface area contributed by atoms with Gasteiger partial charge in [-0.1, -0.05) is 18.2 Å². The fourth-order valence-electron chi connectivity index (χ4n) is 2.53. The number of benzene rings is 1. The molecule has 1 aromatic carbocycles. The van der Waals surface area contributed by atoms with E-state index in [1.807, 2.05) is 34.9 Å². The summed E-state index contributed by atoms with van der Waals surface area (Å²) in [5.41, 5.74) is 1.64. The highest BCUT2D eigenvalue weighted by molar-refractivity contribution is 5.88. The Kier molecular flexibility index (Phi) is 3.66. The SMILES string of the molecule is CCOC(=O)C(C)n1c(-c2nnc(C)o2)cc2ccccc21. The van der Waals surface area contributed by atoms with Gasteiger partial charge < -0.3 is 13.7 Å². The van der Waals surface area contributed by atoms with Crippen molar-refractivity contribution in [1.82, 2.24) is 14.8 Å². The minimum absolute atomic E-state index is 0.290. The van der Waals surface area contributed by atoms with E-state index in [1.165, 1.54) is 0 Å². The third-order valence-electron chi connectivity index (χ3n) is 3.51. The summed E-state index contributed by atoms with van der Waals surface area (Å²) in [6.07, 6.45) is 0. The first-order valence-corrected chi connectivity index (χ1v) is 7.19. The number of rotatable bonds is 4. The van der Waals surface area contributed by atoms with E-state index in [0.29, 0.717) is 24.1 Å². The number of carbonyl (C=O) groups excluding carboxylic acids is 1. The molecule has 0 bridgehead atoms. The van der Waals surface area contributed by atoms with E-state index in [9.17, 15) is 4.79 Å². The monoisotopic (exact) mass is 299 g/mol. The Morgan fingerprint density at radius 1 is 1.36 bits per heavy atom. The molecule has 0 aliphatic rings. The van der Waals surface area contributed by atoms with Gasteiger partial charge >= 0.3 is 5.97 Å². The first-order valence-electron chi connectivity index (χ1n) is 7.19. The van der Waals surface area contributed by atoms with Crippen LogP contribution in [0.2, 0.25) is 0 Å². The lowest BCUT2D eigenvalue weighted by Crippen LogP contribution is -2.19. The Hall–Kier alpha value is -2.63. The second-order valence-corrected chi connectivity index (χ2v) is 5.01. The number of aryl methyl sites for hydroxylation is 1. The highest BCUT2D eigenvalue weighted by Crippen LogP contribution is 2.31. The number of esters is 1. The summed E-state index contributed by atoms with van der Waals surface area (Å²) in [6, 6.07) is 9.28. The van der Waals surface area contributed by atoms with Gasteiger partial charge in [0.05, 0.1) is 6.61 Å². The molecule has 114 valence electrons. The van der Waals surface area contributed by atoms with Crippen LogP contribution in [0.4, 0.5) is 0 Å². The summed E-state index contributed by atoms with van der Waals surface area (Å²) < 4.78 is 12.6. The van der Waals surface area contributed by atoms with E-state index in [0.717, 1.165) is 10.9 Å². The summed E-state index contributed by atoms with van der Waals surface area (Å²) in [6.45, 7) is 5.67. The van der Waals surface area contributed by atoms with Gasteiger partial charge in [0.2, 0.25) is 5.89 Å². The van der Waals surface area contributed by atoms with Gasteiger partial charge in [0, 0.05) is 17.8 Å². The molecule has 0 amide bonds. The van der Waals surface area contributed by atoms with Crippen molar-refractivity contribution >= 4 is 16.9 Å². The molecule has 0 aliphatic carbocycles. The lowest BCUT2D eigenvalue weighted by Gasteiger charge is -2.16. The molecule has 22 heavy (non-hydrogen) atoms. The third-order valence-corrected chi connectivity index (χ3v) is 3.51. The molecule has 1 atom stereocenters. The number of aromatic nitrogens is 3. The van der Waals surface area contributed by atoms with Gasteiger partial charge in [0.15, 0.2) is 0 Å². The molecule has 0 aliphatic heterocycles. The standard InChI is InChI=1S/C16H17N3O3/c1-4-21-16(20)10(2)19-13-8-6-5-7-12(13)9-14(19)15-18-17-11(3)22-15/h5-10H,4H2,1-3H3. The van der Waals surface area contributed by atoms with Crippen LogP contribution in [-0.2, 0) is 9.53 Å². The summed E-state index contributed by atoms with van der Waals surface area (Å²) in [7, 11) is 0. The third kappa shape index (κ3) is 2.36. The van der Waals surface area contributed by atoms with Crippen molar-refractivity contribution in [2.45, 2.75) is 26.8 Å². The van der Waals surface area contributed by atoms with Crippen LogP contribution in [0.15, 0.2) is 34.7 Å². The van der Waals surface area contributed by atoms with Crippen molar-refractivity contribution in [3.63, 3.8) is 0 Å². The van der Waals surface area contributed by atoms with E-state index >= 15 is 0 Å². The molecule has 3 rings (SSSR count). The summed E-state index contributed by atoms with van der Waals surface area (Å²) in [5, 5.41) is 8.94. The zero-order valence-corrected chi connectivity index (χ0v) is 12.7. The lowest BCUT2D eigenvalue weighted by molar-refractivity contribution is -0.146. The van der Waals surface area contributed by atoms with Crippen LogP contribution in [0.1, 0.15) is 25.8 Å². The molecule has 0 radical (unpaired) electrons. The quantitative estimate of drug-likeness (QED) is 0.692. The number of hydrogen-bond donors (Lipinski definition) is 0. The predicted molar refractivity (Wildman–Crippen MR) is 81.3 cm³/mol. The number of hydrogen-bond acceptors (Lipinski definition) is 5. The normalized spacial score (nSPS) is 12.5. The minimum atomic E-state index is -0.484. The summed E-state index contributed by atoms with van der Waals surface area (Å²) in [5.74, 6) is 0.585. The van der Waals surface area contributed by atoms with Gasteiger partial charge in [-0.3, -0.25) is 0 Å². The average Bonchev–Trinajstić information content (AvgIpc) is 3.10. The molecule has 0 saturated heterocycles. The van der Waals surface area contributed by atoms with E-state index in [1.54, 1.807) is 20.8 Å². The summed E-state index contributed by atoms with van der Waals surface area (Å²) >= 11 is 0. The minimum Gasteiger partial charge on any atom is -0.464 e. The second-order valence-electron chi connectivity index (χ2n) is 5.01. The zero-order valence-electron chi connectivity index (χ0n) is 12.7. The van der Waals surface area contributed by atoms with Crippen molar-refractivity contribution < 1.29 is 13.9 Å². The van der Waals surface area contributed by atoms with Gasteiger partial charge in [0.1, 0.15) is 11.7 Å². The maximum Gasteiger partial charge on any atom is 0.328 e. The van der Waals surface area contributed by atoms with Crippen molar-refractivity contribution in [3.05, 3.63) is 36.2 Å². The highest BCUT2D eigenvalue weighted by atomic mass is 16.5. The Labute approximate surface area is 127 Å². The van der Waals surface area contributed by atoms with Crippen LogP contribution in [-0.4, -0.2) is 27.3 Å². The van der Waals surface area contributed by atoms with Crippen LogP contribution in [0, 0.1) is 6.92 Å². The predicted octanol–water partition coefficient (Wildman–Crippen LogP) is 3.12. The first kappa shape index (κ1) is 14.3. The van der Waals surface area contributed by atoms with Gasteiger partial charge in [0.25, 0.3) is 5.89 Å². The van der Waals surface area contributed by atoms with Gasteiger partial charge in [-0.15, -0.1) is 10.2 Å². The Morgan fingerprint density at radius 3 is 2.82 bits per heavy atom. The Bertz CT molecular complexity index is 819. The molecule has 6 heteroatoms. The van der Waals surface area contributed by atoms with Crippen molar-refractivity contribution in [1.29, 1.82) is 0 Å². The molecule has 6 nitrogen and oxygen atoms in total. The molecule has 0 N–H and O–H groups in total. The molecule has 2 heterocycles. The van der Waals surface area contributed by atoms with Gasteiger partial charge in [-0.25, -0.2) is 4.79 Å². The molecule has 0 fully saturated rings. The number of fused-ring (bicyclic) bond motifs is 1. The van der Waals surface area contributed by atoms with Crippen LogP contribution in [0.3, 0.4) is 0 Å². The maximum absolute atomic E-state index is 12.2. The fourth-order valence-corrected chi connectivity index (χ4v) is 2.53. The van der Waals surface area contributed by atoms with E-state index < -0.39 is 6.04 Å². The topological polar surface area (TPSA) is 70.2 Å². The zero-order chi connectivity index (χ0) is 15.7. The molecular weight excluding hydrogens is 282 g/mol. The van der Waals surface area contributed by atoms with Crippen molar-refractivity contribution in [3.8, 4) is 11.6 Å². The van der Waals surface area contributed by atoms with Crippen molar-refractivity contribution in [2.75, 3.05) is 6.61 Å². The van der Waals surface area contributed by atoms with Crippen LogP contribution < -0.4 is 0 Å². The Morgan fingerprint density at radius 2 is 2.14 bits per heavy atom. The van der Waals surface area contributed by atoms with Crippen LogP contribution in [0.25, 0.3) is 22.5 Å². The van der Waals surface area contributed by atoms with E-state index in [2.05, 4.69) is 10.2 Å². The molecule has 2 aromatic heterocycles. The number of nitrogens with zero attached hydrogens (tertiary/aromatic N) is 3. The Balaban J connectivity index is 2.19. The van der Waals surface area contributed by atoms with Crippen LogP contribution >= 0.6 is 0 Å². The molecular formula is C16H17N3O3. The molecule has 3 aromatic rings. The largest absolute Gasteiger partial charge is 0.464 e. The average molecular weight is 299 g/mol. The van der Waals surface area contributed by atoms with E-state index in [-0.39, 0.29) is 5.97 Å². The number of carbonyl (C=O) groups is 1. The number of para-hydroxylation sites is 1. The number of ether oxygens (including phenoxy) is 1. The van der Waals surface area contributed by atoms with E-state index in [4.69, 9.17) is 9.15 Å². The highest BCUT2D eigenvalue weighted by Gasteiger charge is 2.24. The maximum atomic E-state index is 12.2.